The molecule has 0 spiro atoms. The molecule has 0 aliphatic carbocycles. The number of rotatable bonds is 5. The van der Waals surface area contributed by atoms with E-state index >= 15 is 0 Å². The molecule has 0 fully saturated rings. The minimum atomic E-state index is -0.936. The molecule has 164 valence electrons. The van der Waals surface area contributed by atoms with Crippen LogP contribution in [0.15, 0.2) is 60.8 Å². The number of fused-ring (bicyclic) bond motifs is 3. The van der Waals surface area contributed by atoms with Gasteiger partial charge in [-0.1, -0.05) is 12.1 Å². The molecular weight excluding hydrogens is 444 g/mol. The standard InChI is InChI=1S/C25H17F2N3O2S/c26-20-10-15-3-4-16(30-22(15)12-21(20)27)13-31-17-5-6-24-19(11-17)25(33-9-7-28)18-2-1-8-29-23(18)14-32-24/h1-6,8,10-12,25H,9,13-14H2. The number of hydrogen-bond acceptors (Lipinski definition) is 6. The van der Waals surface area contributed by atoms with Crippen LogP contribution in [0.5, 0.6) is 11.5 Å². The van der Waals surface area contributed by atoms with Crippen LogP contribution in [0.1, 0.15) is 27.8 Å². The van der Waals surface area contributed by atoms with Gasteiger partial charge in [-0.15, -0.1) is 11.8 Å². The molecule has 1 aliphatic rings. The van der Waals surface area contributed by atoms with Gasteiger partial charge in [-0.3, -0.25) is 4.98 Å². The van der Waals surface area contributed by atoms with Gasteiger partial charge < -0.3 is 9.47 Å². The summed E-state index contributed by atoms with van der Waals surface area (Å²) in [7, 11) is 0. The molecule has 0 N–H and O–H groups in total. The zero-order valence-corrected chi connectivity index (χ0v) is 18.1. The van der Waals surface area contributed by atoms with E-state index in [-0.39, 0.29) is 11.9 Å². The summed E-state index contributed by atoms with van der Waals surface area (Å²) in [6.45, 7) is 0.508. The predicted molar refractivity (Wildman–Crippen MR) is 121 cm³/mol. The van der Waals surface area contributed by atoms with Crippen molar-refractivity contribution in [1.82, 2.24) is 9.97 Å². The van der Waals surface area contributed by atoms with Crippen molar-refractivity contribution >= 4 is 22.7 Å². The molecule has 0 bridgehead atoms. The van der Waals surface area contributed by atoms with Crippen molar-refractivity contribution < 1.29 is 18.3 Å². The molecule has 5 rings (SSSR count). The van der Waals surface area contributed by atoms with Gasteiger partial charge in [0.1, 0.15) is 24.7 Å². The topological polar surface area (TPSA) is 68.0 Å². The summed E-state index contributed by atoms with van der Waals surface area (Å²) < 4.78 is 38.9. The summed E-state index contributed by atoms with van der Waals surface area (Å²) in [6, 6.07) is 17.3. The molecule has 4 aromatic rings. The van der Waals surface area contributed by atoms with E-state index in [1.54, 1.807) is 18.3 Å². The number of thioether (sulfide) groups is 1. The molecule has 0 radical (unpaired) electrons. The van der Waals surface area contributed by atoms with Crippen molar-refractivity contribution in [3.63, 3.8) is 0 Å². The lowest BCUT2D eigenvalue weighted by Gasteiger charge is -2.18. The largest absolute Gasteiger partial charge is 0.487 e. The summed E-state index contributed by atoms with van der Waals surface area (Å²) in [5, 5.41) is 9.54. The number of nitriles is 1. The van der Waals surface area contributed by atoms with Gasteiger partial charge >= 0.3 is 0 Å². The lowest BCUT2D eigenvalue weighted by atomic mass is 10.0. The molecule has 5 nitrogen and oxygen atoms in total. The van der Waals surface area contributed by atoms with Crippen molar-refractivity contribution in [2.75, 3.05) is 5.75 Å². The normalized spacial score (nSPS) is 14.5. The van der Waals surface area contributed by atoms with E-state index in [4.69, 9.17) is 14.7 Å². The Morgan fingerprint density at radius 2 is 1.97 bits per heavy atom. The van der Waals surface area contributed by atoms with E-state index in [1.807, 2.05) is 30.3 Å². The van der Waals surface area contributed by atoms with E-state index in [9.17, 15) is 8.78 Å². The highest BCUT2D eigenvalue weighted by Crippen LogP contribution is 2.44. The van der Waals surface area contributed by atoms with E-state index < -0.39 is 11.6 Å². The Balaban J connectivity index is 1.42. The number of aromatic nitrogens is 2. The first-order valence-electron chi connectivity index (χ1n) is 10.2. The number of ether oxygens (including phenoxy) is 2. The Bertz CT molecular complexity index is 1390. The monoisotopic (exact) mass is 461 g/mol. The quantitative estimate of drug-likeness (QED) is 0.378. The molecule has 0 saturated heterocycles. The number of halogens is 2. The van der Waals surface area contributed by atoms with E-state index in [2.05, 4.69) is 16.0 Å². The van der Waals surface area contributed by atoms with E-state index in [0.717, 1.165) is 34.7 Å². The highest BCUT2D eigenvalue weighted by Gasteiger charge is 2.26. The first-order valence-corrected chi connectivity index (χ1v) is 11.2. The second-order valence-corrected chi connectivity index (χ2v) is 8.52. The summed E-state index contributed by atoms with van der Waals surface area (Å²) in [6.07, 6.45) is 1.73. The van der Waals surface area contributed by atoms with Crippen molar-refractivity contribution in [3.05, 3.63) is 94.9 Å². The van der Waals surface area contributed by atoms with Crippen LogP contribution in [-0.2, 0) is 13.2 Å². The maximum absolute atomic E-state index is 13.6. The average Bonchev–Trinajstić information content (AvgIpc) is 2.98. The van der Waals surface area contributed by atoms with Gasteiger partial charge in [-0.05, 0) is 42.0 Å². The van der Waals surface area contributed by atoms with Gasteiger partial charge in [-0.25, -0.2) is 13.8 Å². The Morgan fingerprint density at radius 1 is 1.09 bits per heavy atom. The van der Waals surface area contributed by atoms with Crippen LogP contribution in [0.25, 0.3) is 10.9 Å². The van der Waals surface area contributed by atoms with Crippen molar-refractivity contribution in [2.24, 2.45) is 0 Å². The number of benzene rings is 2. The third-order valence-corrected chi connectivity index (χ3v) is 6.46. The SMILES string of the molecule is N#CCSC1c2cc(OCc3ccc4cc(F)c(F)cc4n3)ccc2OCc2ncccc21. The van der Waals surface area contributed by atoms with Gasteiger partial charge in [0, 0.05) is 23.2 Å². The maximum atomic E-state index is 13.6. The second kappa shape index (κ2) is 9.04. The lowest BCUT2D eigenvalue weighted by Crippen LogP contribution is -2.02. The Labute approximate surface area is 193 Å². The fourth-order valence-corrected chi connectivity index (χ4v) is 4.77. The lowest BCUT2D eigenvalue weighted by molar-refractivity contribution is 0.293. The van der Waals surface area contributed by atoms with Gasteiger partial charge in [0.05, 0.1) is 34.0 Å². The third kappa shape index (κ3) is 4.32. The molecule has 1 aliphatic heterocycles. The number of nitrogens with zero attached hydrogens (tertiary/aromatic N) is 3. The molecule has 3 heterocycles. The van der Waals surface area contributed by atoms with Crippen LogP contribution < -0.4 is 9.47 Å². The van der Waals surface area contributed by atoms with Gasteiger partial charge in [0.25, 0.3) is 0 Å². The highest BCUT2D eigenvalue weighted by atomic mass is 32.2. The van der Waals surface area contributed by atoms with Gasteiger partial charge in [0.2, 0.25) is 0 Å². The van der Waals surface area contributed by atoms with E-state index in [0.29, 0.717) is 34.7 Å². The molecule has 1 atom stereocenters. The smallest absolute Gasteiger partial charge is 0.161 e. The van der Waals surface area contributed by atoms with E-state index in [1.165, 1.54) is 11.8 Å². The molecule has 0 amide bonds. The van der Waals surface area contributed by atoms with Gasteiger partial charge in [0.15, 0.2) is 11.6 Å². The molecule has 2 aromatic carbocycles. The van der Waals surface area contributed by atoms with Crippen LogP contribution in [0.2, 0.25) is 0 Å². The summed E-state index contributed by atoms with van der Waals surface area (Å²) in [4.78, 5) is 8.82. The van der Waals surface area contributed by atoms with Crippen LogP contribution in [0.4, 0.5) is 8.78 Å². The summed E-state index contributed by atoms with van der Waals surface area (Å²) in [5.41, 5.74) is 3.71. The number of hydrogen-bond donors (Lipinski definition) is 0. The summed E-state index contributed by atoms with van der Waals surface area (Å²) in [5.74, 6) is -0.186. The molecule has 1 unspecified atom stereocenters. The third-order valence-electron chi connectivity index (χ3n) is 5.33. The highest BCUT2D eigenvalue weighted by molar-refractivity contribution is 7.99. The second-order valence-electron chi connectivity index (χ2n) is 7.43. The van der Waals surface area contributed by atoms with Crippen LogP contribution in [-0.4, -0.2) is 15.7 Å². The molecule has 8 heteroatoms. The van der Waals surface area contributed by atoms with Crippen LogP contribution in [0, 0.1) is 23.0 Å². The van der Waals surface area contributed by atoms with Crippen molar-refractivity contribution in [2.45, 2.75) is 18.5 Å². The molecule has 2 aromatic heterocycles. The number of pyridine rings is 2. The Kier molecular flexibility index (Phi) is 5.80. The average molecular weight is 461 g/mol. The summed E-state index contributed by atoms with van der Waals surface area (Å²) >= 11 is 1.51. The Hall–Kier alpha value is -3.70. The van der Waals surface area contributed by atoms with Crippen LogP contribution in [0.3, 0.4) is 0 Å². The van der Waals surface area contributed by atoms with Gasteiger partial charge in [-0.2, -0.15) is 5.26 Å². The first-order chi connectivity index (χ1) is 16.1. The minimum absolute atomic E-state index is 0.119. The fourth-order valence-electron chi connectivity index (χ4n) is 3.77. The predicted octanol–water partition coefficient (Wildman–Crippen LogP) is 5.73. The molecular formula is C25H17F2N3O2S. The van der Waals surface area contributed by atoms with Crippen molar-refractivity contribution in [3.8, 4) is 17.6 Å². The fraction of sp³-hybridized carbons (Fsp3) is 0.160. The maximum Gasteiger partial charge on any atom is 0.161 e. The zero-order valence-electron chi connectivity index (χ0n) is 17.3. The minimum Gasteiger partial charge on any atom is -0.487 e. The van der Waals surface area contributed by atoms with Crippen molar-refractivity contribution in [1.29, 1.82) is 5.26 Å². The molecule has 0 saturated carbocycles. The Morgan fingerprint density at radius 3 is 2.85 bits per heavy atom. The molecule has 33 heavy (non-hydrogen) atoms. The first kappa shape index (κ1) is 21.2. The zero-order chi connectivity index (χ0) is 22.8. The van der Waals surface area contributed by atoms with Crippen LogP contribution >= 0.6 is 11.8 Å².